The van der Waals surface area contributed by atoms with Crippen molar-refractivity contribution in [1.82, 2.24) is 0 Å². The molecule has 0 fully saturated rings. The highest BCUT2D eigenvalue weighted by Crippen LogP contribution is 1.97. The molecule has 1 aliphatic rings. The molecule has 0 N–H and O–H groups in total. The maximum atomic E-state index is 5.27. The van der Waals surface area contributed by atoms with Crippen molar-refractivity contribution in [3.05, 3.63) is 24.3 Å². The summed E-state index contributed by atoms with van der Waals surface area (Å²) in [6.07, 6.45) is 12.1. The summed E-state index contributed by atoms with van der Waals surface area (Å²) in [5.41, 5.74) is 0. The van der Waals surface area contributed by atoms with Gasteiger partial charge in [-0.1, -0.05) is 24.3 Å². The third kappa shape index (κ3) is 3.46. The lowest BCUT2D eigenvalue weighted by Gasteiger charge is -1.98. The number of hydrogen-bond donors (Lipinski definition) is 0. The maximum absolute atomic E-state index is 5.27. The molecular weight excluding hydrogens is 124 g/mol. The van der Waals surface area contributed by atoms with Gasteiger partial charge >= 0.3 is 0 Å². The van der Waals surface area contributed by atoms with Crippen molar-refractivity contribution in [3.8, 4) is 0 Å². The number of hydrogen-bond acceptors (Lipinski definition) is 1. The van der Waals surface area contributed by atoms with Crippen LogP contribution in [0.25, 0.3) is 0 Å². The van der Waals surface area contributed by atoms with Crippen molar-refractivity contribution < 1.29 is 4.74 Å². The van der Waals surface area contributed by atoms with E-state index in [0.29, 0.717) is 0 Å². The van der Waals surface area contributed by atoms with Crippen LogP contribution in [0.4, 0.5) is 0 Å². The van der Waals surface area contributed by atoms with E-state index in [1.807, 2.05) is 0 Å². The highest BCUT2D eigenvalue weighted by Gasteiger charge is 1.84. The number of ether oxygens (including phenoxy) is 1. The Hall–Kier alpha value is -0.560. The molecule has 1 rings (SSSR count). The molecule has 0 aliphatic carbocycles. The first kappa shape index (κ1) is 7.55. The molecule has 1 nitrogen and oxygen atoms in total. The molecule has 0 aromatic heterocycles. The summed E-state index contributed by atoms with van der Waals surface area (Å²) in [5, 5.41) is 0. The first-order chi connectivity index (χ1) is 5.00. The first-order valence-electron chi connectivity index (χ1n) is 3.88. The summed E-state index contributed by atoms with van der Waals surface area (Å²) < 4.78 is 5.27. The second-order valence-corrected chi connectivity index (χ2v) is 2.38. The largest absolute Gasteiger partial charge is 0.377 e. The fraction of sp³-hybridized carbons (Fsp3) is 0.556. The Morgan fingerprint density at radius 1 is 0.800 bits per heavy atom. The van der Waals surface area contributed by atoms with E-state index < -0.39 is 0 Å². The van der Waals surface area contributed by atoms with Crippen molar-refractivity contribution in [2.45, 2.75) is 19.3 Å². The Bertz CT molecular complexity index is 109. The molecule has 0 spiro atoms. The molecule has 0 saturated heterocycles. The van der Waals surface area contributed by atoms with Gasteiger partial charge < -0.3 is 4.74 Å². The van der Waals surface area contributed by atoms with Crippen molar-refractivity contribution in [1.29, 1.82) is 0 Å². The molecule has 0 aromatic rings. The molecule has 1 aliphatic heterocycles. The van der Waals surface area contributed by atoms with Gasteiger partial charge in [0, 0.05) is 0 Å². The lowest BCUT2D eigenvalue weighted by atomic mass is 10.2. The standard InChI is InChI=1S/C9H14O/c1-2-4-6-8-10-9-7-5-3-1/h2,4-5,7H,1,3,6,8-9H2/b4-2-,7-5-. The molecule has 10 heavy (non-hydrogen) atoms. The van der Waals surface area contributed by atoms with E-state index in [9.17, 15) is 0 Å². The van der Waals surface area contributed by atoms with E-state index in [-0.39, 0.29) is 0 Å². The van der Waals surface area contributed by atoms with Crippen molar-refractivity contribution in [2.24, 2.45) is 0 Å². The fourth-order valence-corrected chi connectivity index (χ4v) is 0.917. The van der Waals surface area contributed by atoms with E-state index >= 15 is 0 Å². The lowest BCUT2D eigenvalue weighted by Crippen LogP contribution is -1.93. The fourth-order valence-electron chi connectivity index (χ4n) is 0.917. The minimum absolute atomic E-state index is 0.786. The summed E-state index contributed by atoms with van der Waals surface area (Å²) in [5.74, 6) is 0. The van der Waals surface area contributed by atoms with Gasteiger partial charge in [-0.05, 0) is 19.3 Å². The molecule has 0 aromatic carbocycles. The molecule has 1 heteroatoms. The minimum Gasteiger partial charge on any atom is -0.377 e. The third-order valence-electron chi connectivity index (χ3n) is 1.48. The smallest absolute Gasteiger partial charge is 0.0647 e. The Labute approximate surface area is 62.4 Å². The average molecular weight is 138 g/mol. The van der Waals surface area contributed by atoms with E-state index in [1.54, 1.807) is 0 Å². The van der Waals surface area contributed by atoms with Gasteiger partial charge in [0.15, 0.2) is 0 Å². The predicted molar refractivity (Wildman–Crippen MR) is 43.0 cm³/mol. The van der Waals surface area contributed by atoms with Crippen LogP contribution in [0.2, 0.25) is 0 Å². The summed E-state index contributed by atoms with van der Waals surface area (Å²) in [7, 11) is 0. The van der Waals surface area contributed by atoms with Crippen LogP contribution in [-0.2, 0) is 4.74 Å². The summed E-state index contributed by atoms with van der Waals surface area (Å²) in [6.45, 7) is 1.65. The molecule has 0 amide bonds. The first-order valence-corrected chi connectivity index (χ1v) is 3.88. The minimum atomic E-state index is 0.786. The lowest BCUT2D eigenvalue weighted by molar-refractivity contribution is 0.167. The molecular formula is C9H14O. The number of rotatable bonds is 0. The van der Waals surface area contributed by atoms with Crippen LogP contribution >= 0.6 is 0 Å². The van der Waals surface area contributed by atoms with Crippen LogP contribution in [-0.4, -0.2) is 13.2 Å². The summed E-state index contributed by atoms with van der Waals surface area (Å²) in [6, 6.07) is 0. The van der Waals surface area contributed by atoms with Crippen molar-refractivity contribution >= 4 is 0 Å². The van der Waals surface area contributed by atoms with E-state index in [4.69, 9.17) is 4.74 Å². The zero-order valence-corrected chi connectivity index (χ0v) is 6.25. The topological polar surface area (TPSA) is 9.23 Å². The molecule has 0 bridgehead atoms. The van der Waals surface area contributed by atoms with Gasteiger partial charge in [0.2, 0.25) is 0 Å². The van der Waals surface area contributed by atoms with Crippen LogP contribution in [0.3, 0.4) is 0 Å². The Balaban J connectivity index is 2.23. The Kier molecular flexibility index (Phi) is 3.96. The van der Waals surface area contributed by atoms with Gasteiger partial charge in [-0.2, -0.15) is 0 Å². The molecule has 56 valence electrons. The van der Waals surface area contributed by atoms with Gasteiger partial charge in [0.05, 0.1) is 13.2 Å². The summed E-state index contributed by atoms with van der Waals surface area (Å²) in [4.78, 5) is 0. The van der Waals surface area contributed by atoms with Gasteiger partial charge in [-0.3, -0.25) is 0 Å². The SMILES string of the molecule is C1=C\CCOC/C=C\CC/1. The van der Waals surface area contributed by atoms with E-state index in [0.717, 1.165) is 26.1 Å². The monoisotopic (exact) mass is 138 g/mol. The van der Waals surface area contributed by atoms with Gasteiger partial charge in [-0.25, -0.2) is 0 Å². The quantitative estimate of drug-likeness (QED) is 0.467. The third-order valence-corrected chi connectivity index (χ3v) is 1.48. The number of allylic oxidation sites excluding steroid dienone is 2. The molecule has 0 atom stereocenters. The predicted octanol–water partition coefficient (Wildman–Crippen LogP) is 2.30. The van der Waals surface area contributed by atoms with Crippen LogP contribution in [0, 0.1) is 0 Å². The van der Waals surface area contributed by atoms with Crippen LogP contribution in [0.5, 0.6) is 0 Å². The zero-order chi connectivity index (χ0) is 7.07. The van der Waals surface area contributed by atoms with Gasteiger partial charge in [-0.15, -0.1) is 0 Å². The van der Waals surface area contributed by atoms with Crippen molar-refractivity contribution in [2.75, 3.05) is 13.2 Å². The second kappa shape index (κ2) is 5.24. The maximum Gasteiger partial charge on any atom is 0.0647 e. The van der Waals surface area contributed by atoms with Crippen LogP contribution in [0.1, 0.15) is 19.3 Å². The summed E-state index contributed by atoms with van der Waals surface area (Å²) >= 11 is 0. The van der Waals surface area contributed by atoms with Crippen LogP contribution < -0.4 is 0 Å². The van der Waals surface area contributed by atoms with Gasteiger partial charge in [0.25, 0.3) is 0 Å². The van der Waals surface area contributed by atoms with Crippen LogP contribution in [0.15, 0.2) is 24.3 Å². The highest BCUT2D eigenvalue weighted by atomic mass is 16.5. The molecule has 0 unspecified atom stereocenters. The van der Waals surface area contributed by atoms with E-state index in [2.05, 4.69) is 24.3 Å². The average Bonchev–Trinajstić information content (AvgIpc) is 2.01. The zero-order valence-electron chi connectivity index (χ0n) is 6.25. The van der Waals surface area contributed by atoms with E-state index in [1.165, 1.54) is 6.42 Å². The molecule has 0 radical (unpaired) electrons. The second-order valence-electron chi connectivity index (χ2n) is 2.38. The normalized spacial score (nSPS) is 27.2. The van der Waals surface area contributed by atoms with Crippen molar-refractivity contribution in [3.63, 3.8) is 0 Å². The Morgan fingerprint density at radius 2 is 1.50 bits per heavy atom. The molecule has 1 heterocycles. The van der Waals surface area contributed by atoms with Gasteiger partial charge in [0.1, 0.15) is 0 Å². The highest BCUT2D eigenvalue weighted by molar-refractivity contribution is 4.89. The Morgan fingerprint density at radius 3 is 2.40 bits per heavy atom. The molecule has 0 saturated carbocycles.